The van der Waals surface area contributed by atoms with Crippen LogP contribution in [0, 0.1) is 5.92 Å². The second kappa shape index (κ2) is 7.16. The molecule has 1 aromatic rings. The number of thioether (sulfide) groups is 1. The summed E-state index contributed by atoms with van der Waals surface area (Å²) in [5.74, 6) is -0.0849. The molecule has 1 aliphatic carbocycles. The van der Waals surface area contributed by atoms with E-state index in [4.69, 9.17) is 10.2 Å². The molecule has 0 radical (unpaired) electrons. The Labute approximate surface area is 124 Å². The van der Waals surface area contributed by atoms with Gasteiger partial charge in [0.15, 0.2) is 0 Å². The fraction of sp³-hybridized carbons (Fsp3) is 0.733. The largest absolute Gasteiger partial charge is 0.481 e. The number of carboxylic acid groups (broad SMARTS) is 1. The summed E-state index contributed by atoms with van der Waals surface area (Å²) in [6.45, 7) is 4.37. The van der Waals surface area contributed by atoms with Crippen LogP contribution in [0.2, 0.25) is 0 Å². The lowest BCUT2D eigenvalue weighted by Gasteiger charge is -2.23. The van der Waals surface area contributed by atoms with Gasteiger partial charge in [-0.05, 0) is 31.2 Å². The van der Waals surface area contributed by atoms with Gasteiger partial charge in [-0.1, -0.05) is 44.9 Å². The Morgan fingerprint density at radius 2 is 2.15 bits per heavy atom. The van der Waals surface area contributed by atoms with Gasteiger partial charge in [0.2, 0.25) is 0 Å². The zero-order valence-corrected chi connectivity index (χ0v) is 13.2. The lowest BCUT2D eigenvalue weighted by molar-refractivity contribution is -0.133. The van der Waals surface area contributed by atoms with Gasteiger partial charge in [0.1, 0.15) is 0 Å². The molecule has 112 valence electrons. The molecule has 1 saturated carbocycles. The molecule has 4 nitrogen and oxygen atoms in total. The van der Waals surface area contributed by atoms with Crippen LogP contribution in [0.15, 0.2) is 11.1 Å². The molecule has 0 bridgehead atoms. The maximum Gasteiger partial charge on any atom is 0.313 e. The molecule has 0 saturated heterocycles. The van der Waals surface area contributed by atoms with Gasteiger partial charge < -0.3 is 5.11 Å². The molecule has 20 heavy (non-hydrogen) atoms. The number of aromatic nitrogens is 2. The number of hydrogen-bond donors (Lipinski definition) is 1. The van der Waals surface area contributed by atoms with Crippen molar-refractivity contribution in [2.45, 2.75) is 63.4 Å². The first-order chi connectivity index (χ1) is 9.56. The van der Waals surface area contributed by atoms with Crippen LogP contribution in [0.4, 0.5) is 0 Å². The average Bonchev–Trinajstić information content (AvgIpc) is 2.79. The van der Waals surface area contributed by atoms with Gasteiger partial charge in [0, 0.05) is 0 Å². The van der Waals surface area contributed by atoms with E-state index in [-0.39, 0.29) is 5.75 Å². The lowest BCUT2D eigenvalue weighted by atomic mass is 9.96. The van der Waals surface area contributed by atoms with Gasteiger partial charge in [-0.25, -0.2) is 0 Å². The number of carbonyl (C=O) groups is 1. The molecule has 0 aliphatic heterocycles. The SMILES string of the molecule is CC(C)Cc1cc(SCC(=O)O)n(C2CCCCC2)n1. The number of carboxylic acids is 1. The molecule has 0 atom stereocenters. The van der Waals surface area contributed by atoms with E-state index in [2.05, 4.69) is 24.6 Å². The van der Waals surface area contributed by atoms with E-state index in [9.17, 15) is 4.79 Å². The first-order valence-electron chi connectivity index (χ1n) is 7.49. The van der Waals surface area contributed by atoms with Gasteiger partial charge in [-0.15, -0.1) is 0 Å². The van der Waals surface area contributed by atoms with E-state index >= 15 is 0 Å². The van der Waals surface area contributed by atoms with Crippen molar-refractivity contribution in [1.29, 1.82) is 0 Å². The number of rotatable bonds is 6. The van der Waals surface area contributed by atoms with Crippen molar-refractivity contribution in [1.82, 2.24) is 9.78 Å². The number of aliphatic carboxylic acids is 1. The van der Waals surface area contributed by atoms with Gasteiger partial charge in [0.25, 0.3) is 0 Å². The zero-order valence-electron chi connectivity index (χ0n) is 12.3. The van der Waals surface area contributed by atoms with Gasteiger partial charge in [-0.3, -0.25) is 9.48 Å². The maximum atomic E-state index is 10.8. The first kappa shape index (κ1) is 15.4. The van der Waals surface area contributed by atoms with E-state index in [1.54, 1.807) is 0 Å². The second-order valence-corrected chi connectivity index (χ2v) is 6.99. The number of hydrogen-bond acceptors (Lipinski definition) is 3. The van der Waals surface area contributed by atoms with Crippen LogP contribution < -0.4 is 0 Å². The van der Waals surface area contributed by atoms with E-state index in [0.717, 1.165) is 17.1 Å². The quantitative estimate of drug-likeness (QED) is 0.812. The molecule has 1 heterocycles. The molecular formula is C15H24N2O2S. The minimum Gasteiger partial charge on any atom is -0.481 e. The second-order valence-electron chi connectivity index (χ2n) is 5.99. The summed E-state index contributed by atoms with van der Waals surface area (Å²) in [5.41, 5.74) is 1.10. The lowest BCUT2D eigenvalue weighted by Crippen LogP contribution is -2.15. The van der Waals surface area contributed by atoms with Crippen molar-refractivity contribution in [3.8, 4) is 0 Å². The molecular weight excluding hydrogens is 272 g/mol. The highest BCUT2D eigenvalue weighted by Gasteiger charge is 2.20. The summed E-state index contributed by atoms with van der Waals surface area (Å²) in [6, 6.07) is 2.54. The van der Waals surface area contributed by atoms with Crippen molar-refractivity contribution in [3.63, 3.8) is 0 Å². The highest BCUT2D eigenvalue weighted by atomic mass is 32.2. The molecule has 0 amide bonds. The minimum atomic E-state index is -0.767. The molecule has 1 fully saturated rings. The van der Waals surface area contributed by atoms with Crippen molar-refractivity contribution in [2.75, 3.05) is 5.75 Å². The van der Waals surface area contributed by atoms with Crippen molar-refractivity contribution in [3.05, 3.63) is 11.8 Å². The molecule has 0 spiro atoms. The maximum absolute atomic E-state index is 10.8. The van der Waals surface area contributed by atoms with Crippen molar-refractivity contribution in [2.24, 2.45) is 5.92 Å². The molecule has 0 unspecified atom stereocenters. The van der Waals surface area contributed by atoms with Crippen LogP contribution in [0.3, 0.4) is 0 Å². The number of nitrogens with zero attached hydrogens (tertiary/aromatic N) is 2. The predicted molar refractivity (Wildman–Crippen MR) is 81.3 cm³/mol. The van der Waals surface area contributed by atoms with Crippen LogP contribution in [-0.2, 0) is 11.2 Å². The minimum absolute atomic E-state index is 0.111. The summed E-state index contributed by atoms with van der Waals surface area (Å²) < 4.78 is 2.10. The van der Waals surface area contributed by atoms with Gasteiger partial charge >= 0.3 is 5.97 Å². The zero-order chi connectivity index (χ0) is 14.5. The van der Waals surface area contributed by atoms with Crippen LogP contribution in [0.5, 0.6) is 0 Å². The Morgan fingerprint density at radius 1 is 1.45 bits per heavy atom. The highest BCUT2D eigenvalue weighted by molar-refractivity contribution is 7.99. The Kier molecular flexibility index (Phi) is 5.52. The third-order valence-electron chi connectivity index (χ3n) is 3.63. The molecule has 1 aromatic heterocycles. The Bertz CT molecular complexity index is 451. The van der Waals surface area contributed by atoms with Crippen LogP contribution in [0.25, 0.3) is 0 Å². The Hall–Kier alpha value is -0.970. The summed E-state index contributed by atoms with van der Waals surface area (Å²) >= 11 is 1.40. The summed E-state index contributed by atoms with van der Waals surface area (Å²) in [4.78, 5) is 10.8. The van der Waals surface area contributed by atoms with Crippen molar-refractivity contribution < 1.29 is 9.90 Å². The van der Waals surface area contributed by atoms with Crippen LogP contribution in [-0.4, -0.2) is 26.6 Å². The molecule has 1 aliphatic rings. The summed E-state index contributed by atoms with van der Waals surface area (Å²) in [5, 5.41) is 14.7. The summed E-state index contributed by atoms with van der Waals surface area (Å²) in [7, 11) is 0. The topological polar surface area (TPSA) is 55.1 Å². The summed E-state index contributed by atoms with van der Waals surface area (Å²) in [6.07, 6.45) is 7.13. The molecule has 2 rings (SSSR count). The molecule has 0 aromatic carbocycles. The highest BCUT2D eigenvalue weighted by Crippen LogP contribution is 2.32. The Balaban J connectivity index is 2.16. The van der Waals surface area contributed by atoms with E-state index < -0.39 is 5.97 Å². The first-order valence-corrected chi connectivity index (χ1v) is 8.48. The third-order valence-corrected chi connectivity index (χ3v) is 4.63. The predicted octanol–water partition coefficient (Wildman–Crippen LogP) is 3.76. The van der Waals surface area contributed by atoms with Crippen LogP contribution >= 0.6 is 11.8 Å². The van der Waals surface area contributed by atoms with E-state index in [0.29, 0.717) is 12.0 Å². The van der Waals surface area contributed by atoms with Gasteiger partial charge in [-0.2, -0.15) is 5.10 Å². The molecule has 5 heteroatoms. The normalized spacial score (nSPS) is 16.8. The van der Waals surface area contributed by atoms with Crippen molar-refractivity contribution >= 4 is 17.7 Å². The fourth-order valence-corrected chi connectivity index (χ4v) is 3.59. The van der Waals surface area contributed by atoms with E-state index in [1.165, 1.54) is 43.9 Å². The average molecular weight is 296 g/mol. The third kappa shape index (κ3) is 4.27. The standard InChI is InChI=1S/C15H24N2O2S/c1-11(2)8-12-9-14(20-10-15(18)19)17(16-12)13-6-4-3-5-7-13/h9,11,13H,3-8,10H2,1-2H3,(H,18,19). The van der Waals surface area contributed by atoms with Gasteiger partial charge in [0.05, 0.1) is 22.5 Å². The molecule has 1 N–H and O–H groups in total. The smallest absolute Gasteiger partial charge is 0.313 e. The Morgan fingerprint density at radius 3 is 2.75 bits per heavy atom. The van der Waals surface area contributed by atoms with E-state index in [1.807, 2.05) is 0 Å². The fourth-order valence-electron chi connectivity index (χ4n) is 2.77. The monoisotopic (exact) mass is 296 g/mol. The van der Waals surface area contributed by atoms with Crippen LogP contribution in [0.1, 0.15) is 57.7 Å².